The van der Waals surface area contributed by atoms with Crippen molar-refractivity contribution in [2.75, 3.05) is 11.4 Å². The summed E-state index contributed by atoms with van der Waals surface area (Å²) in [6.07, 6.45) is 4.63. The Hall–Kier alpha value is -2.83. The Balaban J connectivity index is 1.66. The zero-order valence-electron chi connectivity index (χ0n) is 13.7. The predicted molar refractivity (Wildman–Crippen MR) is 88.7 cm³/mol. The maximum Gasteiger partial charge on any atom is 0.268 e. The number of aromatic nitrogens is 2. The molecule has 0 aliphatic carbocycles. The van der Waals surface area contributed by atoms with E-state index in [1.807, 2.05) is 29.8 Å². The van der Waals surface area contributed by atoms with Gasteiger partial charge in [-0.25, -0.2) is 4.98 Å². The normalized spacial score (nSPS) is 17.8. The smallest absolute Gasteiger partial charge is 0.268 e. The van der Waals surface area contributed by atoms with Crippen LogP contribution in [-0.2, 0) is 16.1 Å². The number of nitrogens with one attached hydrogen (secondary N) is 1. The van der Waals surface area contributed by atoms with Gasteiger partial charge in [-0.15, -0.1) is 0 Å². The first-order chi connectivity index (χ1) is 11.5. The Bertz CT molecular complexity index is 729. The second kappa shape index (κ2) is 6.74. The lowest BCUT2D eigenvalue weighted by Crippen LogP contribution is -2.50. The van der Waals surface area contributed by atoms with E-state index in [2.05, 4.69) is 10.3 Å². The number of rotatable bonds is 5. The fraction of sp³-hybridized carbons (Fsp3) is 0.353. The van der Waals surface area contributed by atoms with Crippen LogP contribution in [0.4, 0.5) is 5.69 Å². The molecule has 1 aliphatic rings. The molecule has 1 aromatic carbocycles. The van der Waals surface area contributed by atoms with Crippen LogP contribution in [-0.4, -0.2) is 40.1 Å². The summed E-state index contributed by atoms with van der Waals surface area (Å²) in [6, 6.07) is 7.16. The average molecular weight is 328 g/mol. The van der Waals surface area contributed by atoms with Gasteiger partial charge in [0, 0.05) is 25.0 Å². The number of carbonyl (C=O) groups is 2. The molecule has 0 radical (unpaired) electrons. The Morgan fingerprint density at radius 1 is 1.42 bits per heavy atom. The van der Waals surface area contributed by atoms with Crippen molar-refractivity contribution in [1.82, 2.24) is 14.9 Å². The maximum atomic E-state index is 12.4. The minimum absolute atomic E-state index is 0.0299. The molecule has 2 atom stereocenters. The highest BCUT2D eigenvalue weighted by Crippen LogP contribution is 2.33. The predicted octanol–water partition coefficient (Wildman–Crippen LogP) is 1.20. The van der Waals surface area contributed by atoms with E-state index >= 15 is 0 Å². The van der Waals surface area contributed by atoms with Gasteiger partial charge in [-0.3, -0.25) is 14.5 Å². The van der Waals surface area contributed by atoms with Gasteiger partial charge in [-0.2, -0.15) is 0 Å². The van der Waals surface area contributed by atoms with E-state index in [0.717, 1.165) is 0 Å². The zero-order valence-corrected chi connectivity index (χ0v) is 13.7. The maximum absolute atomic E-state index is 12.4. The molecule has 1 aliphatic heterocycles. The molecule has 1 aromatic heterocycles. The van der Waals surface area contributed by atoms with Crippen LogP contribution in [0, 0.1) is 0 Å². The third kappa shape index (κ3) is 3.40. The first kappa shape index (κ1) is 16.0. The van der Waals surface area contributed by atoms with Crippen LogP contribution in [0.3, 0.4) is 0 Å². The minimum atomic E-state index is -0.601. The highest BCUT2D eigenvalue weighted by Gasteiger charge is 2.32. The molecule has 1 N–H and O–H groups in total. The number of benzene rings is 1. The topological polar surface area (TPSA) is 76.5 Å². The molecule has 2 heterocycles. The summed E-state index contributed by atoms with van der Waals surface area (Å²) in [5.74, 6) is 0.190. The van der Waals surface area contributed by atoms with Crippen molar-refractivity contribution in [3.63, 3.8) is 0 Å². The van der Waals surface area contributed by atoms with E-state index in [0.29, 0.717) is 18.0 Å². The molecule has 0 spiro atoms. The summed E-state index contributed by atoms with van der Waals surface area (Å²) < 4.78 is 7.46. The molecule has 0 saturated heterocycles. The van der Waals surface area contributed by atoms with Gasteiger partial charge >= 0.3 is 0 Å². The lowest BCUT2D eigenvalue weighted by atomic mass is 10.2. The Morgan fingerprint density at radius 2 is 2.21 bits per heavy atom. The average Bonchev–Trinajstić information content (AvgIpc) is 3.04. The Morgan fingerprint density at radius 3 is 2.96 bits per heavy atom. The van der Waals surface area contributed by atoms with Gasteiger partial charge in [0.25, 0.3) is 5.91 Å². The van der Waals surface area contributed by atoms with Crippen molar-refractivity contribution < 1.29 is 14.3 Å². The van der Waals surface area contributed by atoms with E-state index in [-0.39, 0.29) is 24.4 Å². The van der Waals surface area contributed by atoms with Crippen molar-refractivity contribution in [3.05, 3.63) is 43.0 Å². The van der Waals surface area contributed by atoms with Crippen LogP contribution < -0.4 is 15.0 Å². The molecular formula is C17H20N4O3. The van der Waals surface area contributed by atoms with Crippen molar-refractivity contribution in [3.8, 4) is 5.75 Å². The van der Waals surface area contributed by atoms with Crippen LogP contribution in [0.5, 0.6) is 5.75 Å². The van der Waals surface area contributed by atoms with Gasteiger partial charge in [0.2, 0.25) is 5.91 Å². The highest BCUT2D eigenvalue weighted by atomic mass is 16.5. The summed E-state index contributed by atoms with van der Waals surface area (Å²) >= 11 is 0. The Labute approximate surface area is 140 Å². The molecule has 3 rings (SSSR count). The zero-order chi connectivity index (χ0) is 17.1. The van der Waals surface area contributed by atoms with Crippen LogP contribution in [0.1, 0.15) is 13.8 Å². The number of fused-ring (bicyclic) bond motifs is 1. The summed E-state index contributed by atoms with van der Waals surface area (Å²) in [5, 5.41) is 2.91. The SMILES string of the molecule is CC(Cn1ccnc1)NC(=O)CN1C(=O)C(C)Oc2ccccc21. The van der Waals surface area contributed by atoms with Crippen molar-refractivity contribution >= 4 is 17.5 Å². The van der Waals surface area contributed by atoms with E-state index < -0.39 is 6.10 Å². The number of para-hydroxylation sites is 2. The molecule has 2 unspecified atom stereocenters. The van der Waals surface area contributed by atoms with Crippen LogP contribution in [0.15, 0.2) is 43.0 Å². The summed E-state index contributed by atoms with van der Waals surface area (Å²) in [7, 11) is 0. The lowest BCUT2D eigenvalue weighted by Gasteiger charge is -2.32. The summed E-state index contributed by atoms with van der Waals surface area (Å²) in [6.45, 7) is 4.19. The fourth-order valence-corrected chi connectivity index (χ4v) is 2.74. The van der Waals surface area contributed by atoms with Gasteiger partial charge in [0.15, 0.2) is 6.10 Å². The molecule has 0 fully saturated rings. The molecule has 24 heavy (non-hydrogen) atoms. The standard InChI is InChI=1S/C17H20N4O3/c1-12(9-20-8-7-18-11-20)19-16(22)10-21-14-5-3-4-6-15(14)24-13(2)17(21)23/h3-8,11-13H,9-10H2,1-2H3,(H,19,22). The molecule has 2 aromatic rings. The van der Waals surface area contributed by atoms with Crippen LogP contribution in [0.25, 0.3) is 0 Å². The second-order valence-electron chi connectivity index (χ2n) is 5.88. The Kier molecular flexibility index (Phi) is 4.50. The lowest BCUT2D eigenvalue weighted by molar-refractivity contribution is -0.128. The number of imidazole rings is 1. The monoisotopic (exact) mass is 328 g/mol. The number of hydrogen-bond acceptors (Lipinski definition) is 4. The van der Waals surface area contributed by atoms with E-state index in [9.17, 15) is 9.59 Å². The molecule has 7 heteroatoms. The summed E-state index contributed by atoms with van der Waals surface area (Å²) in [4.78, 5) is 30.2. The molecule has 7 nitrogen and oxygen atoms in total. The first-order valence-electron chi connectivity index (χ1n) is 7.87. The van der Waals surface area contributed by atoms with E-state index in [1.54, 1.807) is 31.6 Å². The van der Waals surface area contributed by atoms with Crippen LogP contribution in [0.2, 0.25) is 0 Å². The highest BCUT2D eigenvalue weighted by molar-refractivity contribution is 6.03. The second-order valence-corrected chi connectivity index (χ2v) is 5.88. The van der Waals surface area contributed by atoms with Gasteiger partial charge in [-0.1, -0.05) is 12.1 Å². The van der Waals surface area contributed by atoms with E-state index in [1.165, 1.54) is 4.90 Å². The molecule has 0 saturated carbocycles. The molecule has 126 valence electrons. The number of carbonyl (C=O) groups excluding carboxylic acids is 2. The van der Waals surface area contributed by atoms with Gasteiger partial charge < -0.3 is 14.6 Å². The number of nitrogens with zero attached hydrogens (tertiary/aromatic N) is 3. The first-order valence-corrected chi connectivity index (χ1v) is 7.87. The molecular weight excluding hydrogens is 308 g/mol. The van der Waals surface area contributed by atoms with Crippen molar-refractivity contribution in [1.29, 1.82) is 0 Å². The number of ether oxygens (including phenoxy) is 1. The third-order valence-electron chi connectivity index (χ3n) is 3.83. The van der Waals surface area contributed by atoms with Crippen molar-refractivity contribution in [2.45, 2.75) is 32.5 Å². The largest absolute Gasteiger partial charge is 0.479 e. The third-order valence-corrected chi connectivity index (χ3v) is 3.83. The van der Waals surface area contributed by atoms with Crippen LogP contribution >= 0.6 is 0 Å². The van der Waals surface area contributed by atoms with Gasteiger partial charge in [0.05, 0.1) is 12.0 Å². The van der Waals surface area contributed by atoms with Gasteiger partial charge in [-0.05, 0) is 26.0 Å². The van der Waals surface area contributed by atoms with Gasteiger partial charge in [0.1, 0.15) is 12.3 Å². The minimum Gasteiger partial charge on any atom is -0.479 e. The number of amides is 2. The molecule has 2 amide bonds. The number of hydrogen-bond donors (Lipinski definition) is 1. The molecule has 0 bridgehead atoms. The number of anilines is 1. The summed E-state index contributed by atoms with van der Waals surface area (Å²) in [5.41, 5.74) is 0.623. The van der Waals surface area contributed by atoms with E-state index in [4.69, 9.17) is 4.74 Å². The quantitative estimate of drug-likeness (QED) is 0.895. The fourth-order valence-electron chi connectivity index (χ4n) is 2.74. The van der Waals surface area contributed by atoms with Crippen molar-refractivity contribution in [2.24, 2.45) is 0 Å².